The summed E-state index contributed by atoms with van der Waals surface area (Å²) in [5, 5.41) is 9.49. The smallest absolute Gasteiger partial charge is 0.0596 e. The van der Waals surface area contributed by atoms with Crippen molar-refractivity contribution < 1.29 is 5.11 Å². The number of aliphatic hydroxyl groups excluding tert-OH is 1. The molecule has 9 heavy (non-hydrogen) atoms. The lowest BCUT2D eigenvalue weighted by molar-refractivity contribution is 0.0662. The summed E-state index contributed by atoms with van der Waals surface area (Å²) in [6.07, 6.45) is 3.99. The Bertz CT molecular complexity index is 120. The van der Waals surface area contributed by atoms with Gasteiger partial charge in [-0.3, -0.25) is 0 Å². The zero-order valence-electron chi connectivity index (χ0n) is 5.88. The third kappa shape index (κ3) is 0.787. The summed E-state index contributed by atoms with van der Waals surface area (Å²) in [6, 6.07) is 0. The Hall–Kier alpha value is -0.0400. The van der Waals surface area contributed by atoms with Gasteiger partial charge in [0.2, 0.25) is 0 Å². The zero-order valence-corrected chi connectivity index (χ0v) is 5.88. The van der Waals surface area contributed by atoms with Gasteiger partial charge in [-0.2, -0.15) is 0 Å². The van der Waals surface area contributed by atoms with Crippen LogP contribution in [0.25, 0.3) is 0 Å². The first-order valence-corrected chi connectivity index (χ1v) is 3.97. The van der Waals surface area contributed by atoms with E-state index in [0.717, 1.165) is 5.92 Å². The summed E-state index contributed by atoms with van der Waals surface area (Å²) in [7, 11) is 0. The Labute approximate surface area is 56.1 Å². The molecule has 1 nitrogen and oxygen atoms in total. The Balaban J connectivity index is 2.02. The van der Waals surface area contributed by atoms with Gasteiger partial charge < -0.3 is 5.11 Å². The van der Waals surface area contributed by atoms with E-state index in [4.69, 9.17) is 0 Å². The molecule has 2 rings (SSSR count). The van der Waals surface area contributed by atoms with Crippen molar-refractivity contribution in [3.05, 3.63) is 0 Å². The standard InChI is InChI=1S/C8H14O/c1-5-2-3-6-4-7(6)8(5)9/h5-9H,2-4H2,1H3/t5-,6+,7-,8-/m1/s1. The van der Waals surface area contributed by atoms with Crippen LogP contribution in [0.5, 0.6) is 0 Å². The molecule has 0 aromatic heterocycles. The SMILES string of the molecule is C[C@@H]1CC[C@H]2C[C@H]2[C@@H]1O. The second kappa shape index (κ2) is 1.72. The second-order valence-electron chi connectivity index (χ2n) is 3.70. The van der Waals surface area contributed by atoms with Gasteiger partial charge in [-0.25, -0.2) is 0 Å². The van der Waals surface area contributed by atoms with Crippen LogP contribution >= 0.6 is 0 Å². The molecule has 0 amide bonds. The van der Waals surface area contributed by atoms with Gasteiger partial charge >= 0.3 is 0 Å². The molecule has 2 saturated carbocycles. The lowest BCUT2D eigenvalue weighted by Gasteiger charge is -2.23. The van der Waals surface area contributed by atoms with Gasteiger partial charge in [0, 0.05) is 0 Å². The maximum absolute atomic E-state index is 9.49. The van der Waals surface area contributed by atoms with E-state index in [1.807, 2.05) is 0 Å². The van der Waals surface area contributed by atoms with Crippen LogP contribution in [0.2, 0.25) is 0 Å². The van der Waals surface area contributed by atoms with Crippen LogP contribution in [0.15, 0.2) is 0 Å². The van der Waals surface area contributed by atoms with Crippen molar-refractivity contribution in [1.29, 1.82) is 0 Å². The molecule has 52 valence electrons. The largest absolute Gasteiger partial charge is 0.393 e. The van der Waals surface area contributed by atoms with Crippen LogP contribution in [0, 0.1) is 17.8 Å². The molecule has 0 aliphatic heterocycles. The molecule has 0 unspecified atom stereocenters. The van der Waals surface area contributed by atoms with Crippen molar-refractivity contribution in [2.45, 2.75) is 32.3 Å². The highest BCUT2D eigenvalue weighted by atomic mass is 16.3. The lowest BCUT2D eigenvalue weighted by Crippen LogP contribution is -2.24. The van der Waals surface area contributed by atoms with Crippen molar-refractivity contribution in [1.82, 2.24) is 0 Å². The summed E-state index contributed by atoms with van der Waals surface area (Å²) in [6.45, 7) is 2.17. The molecule has 0 aromatic rings. The predicted octanol–water partition coefficient (Wildman–Crippen LogP) is 1.41. The van der Waals surface area contributed by atoms with E-state index in [-0.39, 0.29) is 6.10 Å². The van der Waals surface area contributed by atoms with Gasteiger partial charge in [0.05, 0.1) is 6.10 Å². The minimum atomic E-state index is 0.0451. The van der Waals surface area contributed by atoms with Crippen molar-refractivity contribution >= 4 is 0 Å². The Morgan fingerprint density at radius 1 is 1.33 bits per heavy atom. The topological polar surface area (TPSA) is 20.2 Å². The fourth-order valence-corrected chi connectivity index (χ4v) is 2.09. The summed E-state index contributed by atoms with van der Waals surface area (Å²) in [5.74, 6) is 2.19. The predicted molar refractivity (Wildman–Crippen MR) is 36.0 cm³/mol. The van der Waals surface area contributed by atoms with E-state index in [2.05, 4.69) is 6.92 Å². The van der Waals surface area contributed by atoms with Crippen molar-refractivity contribution in [3.8, 4) is 0 Å². The Morgan fingerprint density at radius 3 is 2.78 bits per heavy atom. The van der Waals surface area contributed by atoms with Crippen LogP contribution in [0.4, 0.5) is 0 Å². The summed E-state index contributed by atoms with van der Waals surface area (Å²) in [5.41, 5.74) is 0. The Kier molecular flexibility index (Phi) is 1.10. The molecule has 0 bridgehead atoms. The maximum atomic E-state index is 9.49. The minimum absolute atomic E-state index is 0.0451. The number of hydrogen-bond acceptors (Lipinski definition) is 1. The molecule has 2 fully saturated rings. The van der Waals surface area contributed by atoms with E-state index in [1.54, 1.807) is 0 Å². The fraction of sp³-hybridized carbons (Fsp3) is 1.00. The molecular formula is C8H14O. The van der Waals surface area contributed by atoms with Crippen LogP contribution < -0.4 is 0 Å². The molecule has 0 aromatic carbocycles. The van der Waals surface area contributed by atoms with Gasteiger partial charge in [-0.15, -0.1) is 0 Å². The first-order valence-electron chi connectivity index (χ1n) is 3.97. The normalized spacial score (nSPS) is 56.7. The van der Waals surface area contributed by atoms with Gasteiger partial charge in [-0.1, -0.05) is 6.92 Å². The molecule has 2 aliphatic rings. The maximum Gasteiger partial charge on any atom is 0.0596 e. The van der Waals surface area contributed by atoms with Crippen molar-refractivity contribution in [3.63, 3.8) is 0 Å². The zero-order chi connectivity index (χ0) is 6.43. The van der Waals surface area contributed by atoms with E-state index in [9.17, 15) is 5.11 Å². The van der Waals surface area contributed by atoms with Crippen LogP contribution in [-0.4, -0.2) is 11.2 Å². The van der Waals surface area contributed by atoms with Crippen molar-refractivity contribution in [2.75, 3.05) is 0 Å². The summed E-state index contributed by atoms with van der Waals surface area (Å²) >= 11 is 0. The number of hydrogen-bond donors (Lipinski definition) is 1. The third-order valence-electron chi connectivity index (χ3n) is 2.99. The summed E-state index contributed by atoms with van der Waals surface area (Å²) < 4.78 is 0. The first-order chi connectivity index (χ1) is 4.29. The molecule has 1 N–H and O–H groups in total. The van der Waals surface area contributed by atoms with Gasteiger partial charge in [0.25, 0.3) is 0 Å². The summed E-state index contributed by atoms with van der Waals surface area (Å²) in [4.78, 5) is 0. The van der Waals surface area contributed by atoms with Crippen LogP contribution in [0.3, 0.4) is 0 Å². The molecular weight excluding hydrogens is 112 g/mol. The average molecular weight is 126 g/mol. The van der Waals surface area contributed by atoms with Crippen LogP contribution in [0.1, 0.15) is 26.2 Å². The molecule has 0 heterocycles. The average Bonchev–Trinajstić information content (AvgIpc) is 2.58. The molecule has 4 atom stereocenters. The molecule has 1 heteroatoms. The lowest BCUT2D eigenvalue weighted by atomic mass is 9.88. The number of aliphatic hydroxyl groups is 1. The van der Waals surface area contributed by atoms with Gasteiger partial charge in [-0.05, 0) is 37.0 Å². The van der Waals surface area contributed by atoms with E-state index >= 15 is 0 Å². The highest BCUT2D eigenvalue weighted by molar-refractivity contribution is 4.97. The van der Waals surface area contributed by atoms with E-state index in [1.165, 1.54) is 19.3 Å². The Morgan fingerprint density at radius 2 is 2.11 bits per heavy atom. The monoisotopic (exact) mass is 126 g/mol. The molecule has 0 saturated heterocycles. The minimum Gasteiger partial charge on any atom is -0.393 e. The quantitative estimate of drug-likeness (QED) is 0.520. The van der Waals surface area contributed by atoms with Gasteiger partial charge in [0.1, 0.15) is 0 Å². The highest BCUT2D eigenvalue weighted by Gasteiger charge is 2.47. The molecule has 2 aliphatic carbocycles. The van der Waals surface area contributed by atoms with E-state index in [0.29, 0.717) is 11.8 Å². The second-order valence-corrected chi connectivity index (χ2v) is 3.70. The van der Waals surface area contributed by atoms with Gasteiger partial charge in [0.15, 0.2) is 0 Å². The van der Waals surface area contributed by atoms with Crippen molar-refractivity contribution in [2.24, 2.45) is 17.8 Å². The number of rotatable bonds is 0. The number of fused-ring (bicyclic) bond motifs is 1. The molecule has 0 spiro atoms. The third-order valence-corrected chi connectivity index (χ3v) is 2.99. The molecule has 0 radical (unpaired) electrons. The van der Waals surface area contributed by atoms with E-state index < -0.39 is 0 Å². The fourth-order valence-electron chi connectivity index (χ4n) is 2.09. The highest BCUT2D eigenvalue weighted by Crippen LogP contribution is 2.51. The van der Waals surface area contributed by atoms with Crippen LogP contribution in [-0.2, 0) is 0 Å². The first kappa shape index (κ1) is 5.72.